The Balaban J connectivity index is 2.38. The summed E-state index contributed by atoms with van der Waals surface area (Å²) in [4.78, 5) is 10.9. The maximum absolute atomic E-state index is 10.9. The fraction of sp³-hybridized carbons (Fsp3) is 0.182. The van der Waals surface area contributed by atoms with E-state index in [9.17, 15) is 4.79 Å². The number of carbonyl (C=O) groups is 1. The van der Waals surface area contributed by atoms with Crippen molar-refractivity contribution in [3.05, 3.63) is 42.2 Å². The fourth-order valence-electron chi connectivity index (χ4n) is 0.903. The molecule has 0 amide bonds. The molecule has 0 atom stereocenters. The molecule has 0 spiro atoms. The molecule has 0 aromatic heterocycles. The van der Waals surface area contributed by atoms with Gasteiger partial charge in [-0.1, -0.05) is 30.3 Å². The van der Waals surface area contributed by atoms with Crippen LogP contribution in [0, 0.1) is 0 Å². The van der Waals surface area contributed by atoms with E-state index < -0.39 is 0 Å². The van der Waals surface area contributed by atoms with Crippen LogP contribution in [-0.2, 0) is 9.53 Å². The van der Waals surface area contributed by atoms with Gasteiger partial charge in [0.2, 0.25) is 0 Å². The SMILES string of the molecule is O=C(CCS)OC=Cc1ccccc1. The molecule has 0 radical (unpaired) electrons. The highest BCUT2D eigenvalue weighted by molar-refractivity contribution is 7.80. The molecule has 0 saturated heterocycles. The van der Waals surface area contributed by atoms with Gasteiger partial charge in [-0.3, -0.25) is 4.79 Å². The van der Waals surface area contributed by atoms with Gasteiger partial charge in [-0.15, -0.1) is 0 Å². The van der Waals surface area contributed by atoms with Gasteiger partial charge >= 0.3 is 5.97 Å². The first-order valence-electron chi connectivity index (χ1n) is 4.35. The molecule has 0 unspecified atom stereocenters. The zero-order valence-corrected chi connectivity index (χ0v) is 8.61. The van der Waals surface area contributed by atoms with Crippen molar-refractivity contribution in [1.82, 2.24) is 0 Å². The Morgan fingerprint density at radius 3 is 2.71 bits per heavy atom. The van der Waals surface area contributed by atoms with Crippen molar-refractivity contribution in [2.75, 3.05) is 5.75 Å². The second-order valence-corrected chi connectivity index (χ2v) is 3.12. The minimum atomic E-state index is -0.257. The van der Waals surface area contributed by atoms with Crippen molar-refractivity contribution in [2.45, 2.75) is 6.42 Å². The van der Waals surface area contributed by atoms with Crippen LogP contribution in [0.1, 0.15) is 12.0 Å². The van der Waals surface area contributed by atoms with Crippen molar-refractivity contribution < 1.29 is 9.53 Å². The first-order chi connectivity index (χ1) is 6.83. The van der Waals surface area contributed by atoms with Crippen LogP contribution in [-0.4, -0.2) is 11.7 Å². The lowest BCUT2D eigenvalue weighted by molar-refractivity contribution is -0.137. The van der Waals surface area contributed by atoms with Gasteiger partial charge in [0.15, 0.2) is 0 Å². The second kappa shape index (κ2) is 6.27. The Hall–Kier alpha value is -1.22. The summed E-state index contributed by atoms with van der Waals surface area (Å²) in [5, 5.41) is 0. The van der Waals surface area contributed by atoms with Crippen LogP contribution < -0.4 is 0 Å². The van der Waals surface area contributed by atoms with E-state index in [0.29, 0.717) is 12.2 Å². The van der Waals surface area contributed by atoms with Gasteiger partial charge in [0.1, 0.15) is 0 Å². The maximum Gasteiger partial charge on any atom is 0.311 e. The number of hydrogen-bond acceptors (Lipinski definition) is 3. The van der Waals surface area contributed by atoms with Crippen LogP contribution in [0.3, 0.4) is 0 Å². The van der Waals surface area contributed by atoms with Crippen LogP contribution in [0.5, 0.6) is 0 Å². The lowest BCUT2D eigenvalue weighted by Crippen LogP contribution is -1.99. The van der Waals surface area contributed by atoms with Gasteiger partial charge in [0.05, 0.1) is 12.7 Å². The molecule has 0 aliphatic rings. The van der Waals surface area contributed by atoms with Gasteiger partial charge < -0.3 is 4.74 Å². The molecular weight excluding hydrogens is 196 g/mol. The summed E-state index contributed by atoms with van der Waals surface area (Å²) >= 11 is 3.93. The minimum Gasteiger partial charge on any atom is -0.434 e. The summed E-state index contributed by atoms with van der Waals surface area (Å²) in [6.07, 6.45) is 3.49. The maximum atomic E-state index is 10.9. The molecule has 1 aromatic carbocycles. The van der Waals surface area contributed by atoms with E-state index in [-0.39, 0.29) is 5.97 Å². The van der Waals surface area contributed by atoms with Crippen molar-refractivity contribution >= 4 is 24.7 Å². The molecule has 2 nitrogen and oxygen atoms in total. The Kier molecular flexibility index (Phi) is 4.86. The van der Waals surface area contributed by atoms with E-state index in [0.717, 1.165) is 5.56 Å². The molecule has 74 valence electrons. The van der Waals surface area contributed by atoms with Gasteiger partial charge in [0.25, 0.3) is 0 Å². The molecule has 14 heavy (non-hydrogen) atoms. The highest BCUT2D eigenvalue weighted by Gasteiger charge is 1.96. The number of carbonyl (C=O) groups excluding carboxylic acids is 1. The zero-order chi connectivity index (χ0) is 10.2. The van der Waals surface area contributed by atoms with E-state index in [2.05, 4.69) is 12.6 Å². The molecule has 0 aliphatic carbocycles. The van der Waals surface area contributed by atoms with Gasteiger partial charge in [-0.2, -0.15) is 12.6 Å². The van der Waals surface area contributed by atoms with Crippen molar-refractivity contribution in [3.8, 4) is 0 Å². The summed E-state index contributed by atoms with van der Waals surface area (Å²) in [6.45, 7) is 0. The molecule has 0 bridgehead atoms. The molecule has 1 aromatic rings. The largest absolute Gasteiger partial charge is 0.434 e. The third kappa shape index (κ3) is 4.14. The molecule has 0 saturated carbocycles. The highest BCUT2D eigenvalue weighted by atomic mass is 32.1. The van der Waals surface area contributed by atoms with E-state index in [1.807, 2.05) is 30.3 Å². The van der Waals surface area contributed by atoms with Gasteiger partial charge in [0, 0.05) is 5.75 Å². The van der Waals surface area contributed by atoms with Crippen LogP contribution >= 0.6 is 12.6 Å². The Labute approximate surface area is 89.0 Å². The smallest absolute Gasteiger partial charge is 0.311 e. The number of thiol groups is 1. The fourth-order valence-corrected chi connectivity index (χ4v) is 1.09. The molecule has 3 heteroatoms. The normalized spacial score (nSPS) is 10.4. The summed E-state index contributed by atoms with van der Waals surface area (Å²) in [6, 6.07) is 9.65. The van der Waals surface area contributed by atoms with E-state index >= 15 is 0 Å². The van der Waals surface area contributed by atoms with Crippen molar-refractivity contribution in [3.63, 3.8) is 0 Å². The summed E-state index contributed by atoms with van der Waals surface area (Å²) in [5.74, 6) is 0.255. The lowest BCUT2D eigenvalue weighted by Gasteiger charge is -1.95. The molecule has 0 heterocycles. The Morgan fingerprint density at radius 1 is 1.36 bits per heavy atom. The second-order valence-electron chi connectivity index (χ2n) is 2.68. The molecule has 0 N–H and O–H groups in total. The van der Waals surface area contributed by atoms with E-state index in [1.165, 1.54) is 6.26 Å². The van der Waals surface area contributed by atoms with E-state index in [1.54, 1.807) is 6.08 Å². The first-order valence-corrected chi connectivity index (χ1v) is 4.98. The van der Waals surface area contributed by atoms with Crippen LogP contribution in [0.15, 0.2) is 36.6 Å². The molecule has 1 rings (SSSR count). The molecular formula is C11H12O2S. The quantitative estimate of drug-likeness (QED) is 0.467. The third-order valence-electron chi connectivity index (χ3n) is 1.58. The number of ether oxygens (including phenoxy) is 1. The predicted octanol–water partition coefficient (Wildman–Crippen LogP) is 2.52. The van der Waals surface area contributed by atoms with Gasteiger partial charge in [-0.05, 0) is 11.6 Å². The summed E-state index contributed by atoms with van der Waals surface area (Å²) in [5.41, 5.74) is 1.01. The van der Waals surface area contributed by atoms with Crippen LogP contribution in [0.2, 0.25) is 0 Å². The van der Waals surface area contributed by atoms with Crippen LogP contribution in [0.4, 0.5) is 0 Å². The number of esters is 1. The van der Waals surface area contributed by atoms with E-state index in [4.69, 9.17) is 4.74 Å². The average Bonchev–Trinajstić information content (AvgIpc) is 2.20. The highest BCUT2D eigenvalue weighted by Crippen LogP contribution is 2.01. The van der Waals surface area contributed by atoms with Crippen molar-refractivity contribution in [1.29, 1.82) is 0 Å². The average molecular weight is 208 g/mol. The molecule has 0 fully saturated rings. The predicted molar refractivity (Wildman–Crippen MR) is 60.0 cm³/mol. The zero-order valence-electron chi connectivity index (χ0n) is 7.72. The molecule has 0 aliphatic heterocycles. The van der Waals surface area contributed by atoms with Crippen LogP contribution in [0.25, 0.3) is 6.08 Å². The summed E-state index contributed by atoms with van der Waals surface area (Å²) in [7, 11) is 0. The number of hydrogen-bond donors (Lipinski definition) is 1. The lowest BCUT2D eigenvalue weighted by atomic mass is 10.2. The van der Waals surface area contributed by atoms with Crippen molar-refractivity contribution in [2.24, 2.45) is 0 Å². The standard InChI is InChI=1S/C11H12O2S/c12-11(7-9-14)13-8-6-10-4-2-1-3-5-10/h1-6,8,14H,7,9H2. The number of benzene rings is 1. The Bertz CT molecular complexity index is 306. The Morgan fingerprint density at radius 2 is 2.07 bits per heavy atom. The first kappa shape index (κ1) is 10.9. The third-order valence-corrected chi connectivity index (χ3v) is 1.80. The van der Waals surface area contributed by atoms with Gasteiger partial charge in [-0.25, -0.2) is 0 Å². The minimum absolute atomic E-state index is 0.257. The number of rotatable bonds is 4. The monoisotopic (exact) mass is 208 g/mol. The topological polar surface area (TPSA) is 26.3 Å². The summed E-state index contributed by atoms with van der Waals surface area (Å²) < 4.78 is 4.82.